The molecular formula is C24H32N4O4. The van der Waals surface area contributed by atoms with Gasteiger partial charge in [0.2, 0.25) is 5.91 Å². The highest BCUT2D eigenvalue weighted by molar-refractivity contribution is 5.97. The highest BCUT2D eigenvalue weighted by atomic mass is 16.5. The maximum atomic E-state index is 12.1. The first kappa shape index (κ1) is 22.3. The van der Waals surface area contributed by atoms with E-state index in [1.54, 1.807) is 7.11 Å². The summed E-state index contributed by atoms with van der Waals surface area (Å²) in [7, 11) is 1.61. The maximum absolute atomic E-state index is 12.1. The van der Waals surface area contributed by atoms with Crippen molar-refractivity contribution >= 4 is 11.8 Å². The van der Waals surface area contributed by atoms with Crippen molar-refractivity contribution in [3.05, 3.63) is 35.8 Å². The molecule has 1 aliphatic carbocycles. The number of carbonyl (C=O) groups is 2. The number of methoxy groups -OCH3 is 1. The first-order valence-corrected chi connectivity index (χ1v) is 11.5. The molecule has 1 aromatic carbocycles. The van der Waals surface area contributed by atoms with Crippen molar-refractivity contribution in [3.63, 3.8) is 0 Å². The number of hydrogen-bond donors (Lipinski definition) is 3. The molecule has 8 heteroatoms. The van der Waals surface area contributed by atoms with Gasteiger partial charge in [0.1, 0.15) is 23.0 Å². The van der Waals surface area contributed by atoms with Crippen LogP contribution in [0.3, 0.4) is 0 Å². The van der Waals surface area contributed by atoms with Gasteiger partial charge in [0.15, 0.2) is 0 Å². The van der Waals surface area contributed by atoms with E-state index in [2.05, 4.69) is 10.3 Å². The number of nitrogens with one attached hydrogen (secondary N) is 2. The molecule has 2 fully saturated rings. The summed E-state index contributed by atoms with van der Waals surface area (Å²) in [6.07, 6.45) is 6.51. The minimum atomic E-state index is -0.516. The number of rotatable bonds is 8. The van der Waals surface area contributed by atoms with Crippen LogP contribution in [0.15, 0.2) is 24.3 Å². The number of imidazole rings is 1. The first-order chi connectivity index (χ1) is 15.5. The summed E-state index contributed by atoms with van der Waals surface area (Å²) in [5.74, 6) is 1.83. The summed E-state index contributed by atoms with van der Waals surface area (Å²) in [6, 6.07) is 7.43. The van der Waals surface area contributed by atoms with Crippen LogP contribution in [0.1, 0.15) is 67.2 Å². The number of primary amides is 1. The Morgan fingerprint density at radius 2 is 1.94 bits per heavy atom. The van der Waals surface area contributed by atoms with Crippen LogP contribution in [-0.4, -0.2) is 48.1 Å². The lowest BCUT2D eigenvalue weighted by Crippen LogP contribution is -2.33. The van der Waals surface area contributed by atoms with E-state index in [9.17, 15) is 9.59 Å². The van der Waals surface area contributed by atoms with Crippen molar-refractivity contribution in [2.75, 3.05) is 20.3 Å². The quantitative estimate of drug-likeness (QED) is 0.583. The molecule has 4 N–H and O–H groups in total. The highest BCUT2D eigenvalue weighted by Gasteiger charge is 2.27. The fourth-order valence-electron chi connectivity index (χ4n) is 4.70. The number of aromatic amines is 1. The zero-order valence-electron chi connectivity index (χ0n) is 18.6. The van der Waals surface area contributed by atoms with Crippen LogP contribution < -0.4 is 15.8 Å². The molecule has 32 heavy (non-hydrogen) atoms. The predicted molar refractivity (Wildman–Crippen MR) is 120 cm³/mol. The number of carbonyl (C=O) groups excluding carboxylic acids is 2. The molecule has 2 aromatic rings. The Hall–Kier alpha value is -2.87. The maximum Gasteiger partial charge on any atom is 0.267 e. The number of hydrogen-bond acceptors (Lipinski definition) is 5. The van der Waals surface area contributed by atoms with Gasteiger partial charge in [0.25, 0.3) is 5.91 Å². The lowest BCUT2D eigenvalue weighted by Gasteiger charge is -2.27. The number of amides is 2. The van der Waals surface area contributed by atoms with Crippen molar-refractivity contribution in [2.24, 2.45) is 11.7 Å². The molecule has 0 spiro atoms. The molecular weight excluding hydrogens is 408 g/mol. The van der Waals surface area contributed by atoms with Crippen molar-refractivity contribution in [1.29, 1.82) is 0 Å². The Balaban J connectivity index is 1.33. The highest BCUT2D eigenvalue weighted by Crippen LogP contribution is 2.36. The van der Waals surface area contributed by atoms with Crippen LogP contribution >= 0.6 is 0 Å². The van der Waals surface area contributed by atoms with E-state index >= 15 is 0 Å². The normalized spacial score (nSPS) is 23.1. The Morgan fingerprint density at radius 1 is 1.19 bits per heavy atom. The average Bonchev–Trinajstić information content (AvgIpc) is 3.48. The summed E-state index contributed by atoms with van der Waals surface area (Å²) < 4.78 is 10.7. The predicted octanol–water partition coefficient (Wildman–Crippen LogP) is 3.14. The summed E-state index contributed by atoms with van der Waals surface area (Å²) >= 11 is 0. The van der Waals surface area contributed by atoms with Crippen molar-refractivity contribution in [1.82, 2.24) is 15.3 Å². The number of benzene rings is 1. The second-order valence-electron chi connectivity index (χ2n) is 8.80. The second kappa shape index (κ2) is 10.2. The summed E-state index contributed by atoms with van der Waals surface area (Å²) in [5.41, 5.74) is 7.36. The van der Waals surface area contributed by atoms with E-state index < -0.39 is 5.91 Å². The van der Waals surface area contributed by atoms with E-state index in [0.717, 1.165) is 62.3 Å². The fourth-order valence-corrected chi connectivity index (χ4v) is 4.70. The van der Waals surface area contributed by atoms with E-state index in [4.69, 9.17) is 20.2 Å². The molecule has 1 saturated carbocycles. The largest absolute Gasteiger partial charge is 0.497 e. The molecule has 1 aromatic heterocycles. The number of ether oxygens (including phenoxy) is 2. The van der Waals surface area contributed by atoms with E-state index in [0.29, 0.717) is 30.3 Å². The molecule has 1 unspecified atom stereocenters. The number of H-pyrrole nitrogens is 1. The molecule has 2 amide bonds. The van der Waals surface area contributed by atoms with Gasteiger partial charge in [0.05, 0.1) is 19.6 Å². The number of nitrogens with two attached hydrogens (primary N) is 1. The van der Waals surface area contributed by atoms with Crippen LogP contribution in [0.5, 0.6) is 5.75 Å². The minimum absolute atomic E-state index is 0.0836. The fraction of sp³-hybridized carbons (Fsp3) is 0.542. The third kappa shape index (κ3) is 5.30. The molecule has 172 valence electrons. The zero-order valence-corrected chi connectivity index (χ0v) is 18.6. The van der Waals surface area contributed by atoms with Gasteiger partial charge in [-0.05, 0) is 68.7 Å². The Labute approximate surface area is 188 Å². The molecule has 0 bridgehead atoms. The first-order valence-electron chi connectivity index (χ1n) is 11.5. The number of aromatic nitrogens is 2. The van der Waals surface area contributed by atoms with Crippen molar-refractivity contribution in [2.45, 2.75) is 57.0 Å². The lowest BCUT2D eigenvalue weighted by molar-refractivity contribution is -0.123. The Kier molecular flexibility index (Phi) is 7.09. The topological polar surface area (TPSA) is 119 Å². The summed E-state index contributed by atoms with van der Waals surface area (Å²) in [6.45, 7) is 1.48. The molecule has 1 aliphatic heterocycles. The second-order valence-corrected chi connectivity index (χ2v) is 8.80. The van der Waals surface area contributed by atoms with Crippen molar-refractivity contribution in [3.8, 4) is 17.0 Å². The van der Waals surface area contributed by atoms with Crippen LogP contribution in [0.4, 0.5) is 0 Å². The van der Waals surface area contributed by atoms with Gasteiger partial charge in [-0.3, -0.25) is 9.59 Å². The Morgan fingerprint density at radius 3 is 2.56 bits per heavy atom. The third-order valence-corrected chi connectivity index (χ3v) is 6.59. The van der Waals surface area contributed by atoms with Gasteiger partial charge in [-0.1, -0.05) is 0 Å². The van der Waals surface area contributed by atoms with E-state index in [1.165, 1.54) is 0 Å². The van der Waals surface area contributed by atoms with E-state index in [-0.39, 0.29) is 17.9 Å². The minimum Gasteiger partial charge on any atom is -0.497 e. The third-order valence-electron chi connectivity index (χ3n) is 6.59. The number of nitrogens with zero attached hydrogens (tertiary/aromatic N) is 1. The van der Waals surface area contributed by atoms with Gasteiger partial charge in [-0.25, -0.2) is 4.98 Å². The molecule has 1 atom stereocenters. The van der Waals surface area contributed by atoms with Crippen molar-refractivity contribution < 1.29 is 19.1 Å². The molecule has 1 saturated heterocycles. The van der Waals surface area contributed by atoms with Gasteiger partial charge < -0.3 is 25.5 Å². The van der Waals surface area contributed by atoms with Crippen LogP contribution in [0.25, 0.3) is 11.3 Å². The molecule has 0 radical (unpaired) electrons. The van der Waals surface area contributed by atoms with Gasteiger partial charge in [-0.15, -0.1) is 0 Å². The van der Waals surface area contributed by atoms with Gasteiger partial charge in [-0.2, -0.15) is 0 Å². The van der Waals surface area contributed by atoms with Crippen LogP contribution in [0, 0.1) is 5.92 Å². The lowest BCUT2D eigenvalue weighted by atomic mass is 9.81. The SMILES string of the molecule is COc1ccc(-c2nc(C3CCC(CNC(=O)CC4CCCO4)CC3)[nH]c2C(N)=O)cc1. The van der Waals surface area contributed by atoms with Crippen LogP contribution in [0.2, 0.25) is 0 Å². The van der Waals surface area contributed by atoms with Gasteiger partial charge >= 0.3 is 0 Å². The summed E-state index contributed by atoms with van der Waals surface area (Å²) in [5, 5.41) is 3.08. The standard InChI is InChI=1S/C24H32N4O4/c1-31-18-10-8-16(9-11-18)21-22(23(25)30)28-24(27-21)17-6-4-15(5-7-17)14-26-20(29)13-19-3-2-12-32-19/h8-11,15,17,19H,2-7,12-14H2,1H3,(H2,25,30)(H,26,29)(H,27,28). The Bertz CT molecular complexity index is 926. The molecule has 8 nitrogen and oxygen atoms in total. The molecule has 2 aliphatic rings. The van der Waals surface area contributed by atoms with E-state index in [1.807, 2.05) is 24.3 Å². The smallest absolute Gasteiger partial charge is 0.267 e. The van der Waals surface area contributed by atoms with Crippen LogP contribution in [-0.2, 0) is 9.53 Å². The average molecular weight is 441 g/mol. The summed E-state index contributed by atoms with van der Waals surface area (Å²) in [4.78, 5) is 32.1. The molecule has 2 heterocycles. The monoisotopic (exact) mass is 440 g/mol. The molecule has 4 rings (SSSR count). The van der Waals surface area contributed by atoms with Gasteiger partial charge in [0, 0.05) is 24.6 Å². The zero-order chi connectivity index (χ0) is 22.5.